The van der Waals surface area contributed by atoms with Crippen LogP contribution in [0.15, 0.2) is 12.2 Å². The van der Waals surface area contributed by atoms with Crippen LogP contribution in [0.1, 0.15) is 12.8 Å². The topological polar surface area (TPSA) is 118 Å². The maximum absolute atomic E-state index is 11.6. The zero-order valence-corrected chi connectivity index (χ0v) is 10.3. The van der Waals surface area contributed by atoms with E-state index in [9.17, 15) is 18.0 Å². The Kier molecular flexibility index (Phi) is 4.85. The van der Waals surface area contributed by atoms with Gasteiger partial charge in [-0.1, -0.05) is 12.2 Å². The van der Waals surface area contributed by atoms with Crippen LogP contribution in [0.4, 0.5) is 0 Å². The summed E-state index contributed by atoms with van der Waals surface area (Å²) in [6.07, 6.45) is 4.06. The molecule has 0 bridgehead atoms. The monoisotopic (exact) mass is 278 g/mol. The van der Waals surface area contributed by atoms with Crippen LogP contribution in [-0.4, -0.2) is 42.4 Å². The fourth-order valence-electron chi connectivity index (χ4n) is 1.70. The lowest BCUT2D eigenvalue weighted by Crippen LogP contribution is -2.32. The fourth-order valence-corrected chi connectivity index (χ4v) is 1.99. The Hall–Kier alpha value is -1.41. The van der Waals surface area contributed by atoms with Gasteiger partial charge in [0, 0.05) is 0 Å². The minimum Gasteiger partial charge on any atom is -0.481 e. The summed E-state index contributed by atoms with van der Waals surface area (Å²) in [5.41, 5.74) is 0. The van der Waals surface area contributed by atoms with Gasteiger partial charge in [0.25, 0.3) is 10.1 Å². The number of hydrogen-bond acceptors (Lipinski definition) is 5. The second-order valence-corrected chi connectivity index (χ2v) is 5.50. The first-order valence-corrected chi connectivity index (χ1v) is 6.93. The van der Waals surface area contributed by atoms with Gasteiger partial charge < -0.3 is 9.84 Å². The van der Waals surface area contributed by atoms with Gasteiger partial charge in [-0.3, -0.25) is 14.1 Å². The number of allylic oxidation sites excluding steroid dienone is 1. The van der Waals surface area contributed by atoms with Gasteiger partial charge >= 0.3 is 11.9 Å². The predicted octanol–water partition coefficient (Wildman–Crippen LogP) is 0.0844. The van der Waals surface area contributed by atoms with E-state index in [4.69, 9.17) is 9.66 Å². The summed E-state index contributed by atoms with van der Waals surface area (Å²) in [5.74, 6) is -4.34. The van der Waals surface area contributed by atoms with E-state index in [0.717, 1.165) is 0 Å². The molecule has 102 valence electrons. The molecule has 0 aromatic carbocycles. The molecular weight excluding hydrogens is 264 g/mol. The molecule has 0 spiro atoms. The molecule has 2 unspecified atom stereocenters. The van der Waals surface area contributed by atoms with E-state index < -0.39 is 46.3 Å². The molecule has 1 aliphatic carbocycles. The number of carbonyl (C=O) groups excluding carboxylic acids is 1. The lowest BCUT2D eigenvalue weighted by Gasteiger charge is -2.22. The molecule has 0 heterocycles. The lowest BCUT2D eigenvalue weighted by atomic mass is 9.84. The molecule has 0 saturated carbocycles. The van der Waals surface area contributed by atoms with Crippen LogP contribution in [-0.2, 0) is 24.4 Å². The Morgan fingerprint density at radius 2 is 2.06 bits per heavy atom. The molecule has 0 aliphatic heterocycles. The van der Waals surface area contributed by atoms with Gasteiger partial charge in [0.2, 0.25) is 0 Å². The van der Waals surface area contributed by atoms with E-state index in [-0.39, 0.29) is 0 Å². The van der Waals surface area contributed by atoms with E-state index in [2.05, 4.69) is 4.74 Å². The molecule has 1 aliphatic rings. The highest BCUT2D eigenvalue weighted by Gasteiger charge is 2.34. The van der Waals surface area contributed by atoms with E-state index in [0.29, 0.717) is 12.8 Å². The van der Waals surface area contributed by atoms with Crippen molar-refractivity contribution in [3.63, 3.8) is 0 Å². The summed E-state index contributed by atoms with van der Waals surface area (Å²) in [5, 5.41) is 8.93. The number of carbonyl (C=O) groups is 2. The molecule has 1 rings (SSSR count). The summed E-state index contributed by atoms with van der Waals surface area (Å²) < 4.78 is 33.9. The fraction of sp³-hybridized carbons (Fsp3) is 0.600. The van der Waals surface area contributed by atoms with Crippen molar-refractivity contribution in [2.75, 3.05) is 12.4 Å². The molecule has 0 aromatic rings. The van der Waals surface area contributed by atoms with Crippen LogP contribution >= 0.6 is 0 Å². The second-order valence-electron chi connectivity index (χ2n) is 3.93. The molecular formula is C10H14O7S. The van der Waals surface area contributed by atoms with Gasteiger partial charge in [0.05, 0.1) is 11.8 Å². The number of carboxylic acids is 1. The largest absolute Gasteiger partial charge is 0.481 e. The van der Waals surface area contributed by atoms with Crippen molar-refractivity contribution in [1.29, 1.82) is 0 Å². The summed E-state index contributed by atoms with van der Waals surface area (Å²) >= 11 is 0. The predicted molar refractivity (Wildman–Crippen MR) is 60.4 cm³/mol. The van der Waals surface area contributed by atoms with Crippen molar-refractivity contribution in [3.8, 4) is 0 Å². The quantitative estimate of drug-likeness (QED) is 0.415. The van der Waals surface area contributed by atoms with E-state index in [1.54, 1.807) is 6.08 Å². The van der Waals surface area contributed by atoms with E-state index >= 15 is 0 Å². The number of aliphatic carboxylic acids is 1. The van der Waals surface area contributed by atoms with Crippen molar-refractivity contribution in [1.82, 2.24) is 0 Å². The van der Waals surface area contributed by atoms with Crippen molar-refractivity contribution in [2.45, 2.75) is 12.8 Å². The van der Waals surface area contributed by atoms with Crippen LogP contribution in [0.3, 0.4) is 0 Å². The van der Waals surface area contributed by atoms with Crippen LogP contribution in [0, 0.1) is 11.8 Å². The summed E-state index contributed by atoms with van der Waals surface area (Å²) in [6, 6.07) is 0. The maximum Gasteiger partial charge on any atom is 0.313 e. The first-order chi connectivity index (χ1) is 8.31. The Morgan fingerprint density at radius 1 is 1.39 bits per heavy atom. The zero-order chi connectivity index (χ0) is 13.8. The smallest absolute Gasteiger partial charge is 0.313 e. The van der Waals surface area contributed by atoms with Crippen molar-refractivity contribution in [3.05, 3.63) is 12.2 Å². The molecule has 0 radical (unpaired) electrons. The average Bonchev–Trinajstić information content (AvgIpc) is 2.27. The van der Waals surface area contributed by atoms with Crippen molar-refractivity contribution >= 4 is 22.1 Å². The third kappa shape index (κ3) is 4.46. The average molecular weight is 278 g/mol. The minimum atomic E-state index is -4.19. The zero-order valence-electron chi connectivity index (χ0n) is 9.48. The molecule has 8 heteroatoms. The van der Waals surface area contributed by atoms with Gasteiger partial charge in [0.1, 0.15) is 12.4 Å². The minimum absolute atomic E-state index is 0.337. The Morgan fingerprint density at radius 3 is 2.61 bits per heavy atom. The summed E-state index contributed by atoms with van der Waals surface area (Å²) in [6.45, 7) is -0.492. The standard InChI is InChI=1S/C10H14O7S/c11-9(12)7-3-1-2-4-8(7)10(13)17-5-6-18(14,15)16/h2,4,7-8H,1,3,5-6H2,(H,11,12)(H,14,15,16). The van der Waals surface area contributed by atoms with E-state index in [1.165, 1.54) is 6.08 Å². The Labute approximate surface area is 104 Å². The lowest BCUT2D eigenvalue weighted by molar-refractivity contribution is -0.155. The van der Waals surface area contributed by atoms with Gasteiger partial charge in [-0.2, -0.15) is 8.42 Å². The SMILES string of the molecule is O=C(OCCS(=O)(=O)O)C1C=CCCC1C(=O)O. The number of hydrogen-bond donors (Lipinski definition) is 2. The van der Waals surface area contributed by atoms with E-state index in [1.807, 2.05) is 0 Å². The highest BCUT2D eigenvalue weighted by molar-refractivity contribution is 7.85. The first-order valence-electron chi connectivity index (χ1n) is 5.32. The molecule has 2 atom stereocenters. The molecule has 18 heavy (non-hydrogen) atoms. The summed E-state index contributed by atoms with van der Waals surface area (Å²) in [7, 11) is -4.19. The van der Waals surface area contributed by atoms with Gasteiger partial charge in [0.15, 0.2) is 0 Å². The molecule has 2 N–H and O–H groups in total. The number of carboxylic acid groups (broad SMARTS) is 1. The van der Waals surface area contributed by atoms with Crippen LogP contribution in [0.2, 0.25) is 0 Å². The second kappa shape index (κ2) is 5.96. The highest BCUT2D eigenvalue weighted by atomic mass is 32.2. The van der Waals surface area contributed by atoms with Crippen LogP contribution < -0.4 is 0 Å². The highest BCUT2D eigenvalue weighted by Crippen LogP contribution is 2.26. The normalized spacial score (nSPS) is 23.6. The Balaban J connectivity index is 2.56. The van der Waals surface area contributed by atoms with Gasteiger partial charge in [-0.15, -0.1) is 0 Å². The third-order valence-corrected chi connectivity index (χ3v) is 3.28. The van der Waals surface area contributed by atoms with Gasteiger partial charge in [-0.25, -0.2) is 0 Å². The maximum atomic E-state index is 11.6. The van der Waals surface area contributed by atoms with Gasteiger partial charge in [-0.05, 0) is 12.8 Å². The molecule has 7 nitrogen and oxygen atoms in total. The molecule has 0 amide bonds. The Bertz CT molecular complexity index is 451. The molecule has 0 aromatic heterocycles. The third-order valence-electron chi connectivity index (χ3n) is 2.60. The molecule has 0 fully saturated rings. The van der Waals surface area contributed by atoms with Crippen LogP contribution in [0.5, 0.6) is 0 Å². The summed E-state index contributed by atoms with van der Waals surface area (Å²) in [4.78, 5) is 22.5. The first kappa shape index (κ1) is 14.7. The number of rotatable bonds is 5. The van der Waals surface area contributed by atoms with Crippen molar-refractivity contribution in [2.24, 2.45) is 11.8 Å². The van der Waals surface area contributed by atoms with Crippen molar-refractivity contribution < 1.29 is 32.4 Å². The molecule has 0 saturated heterocycles. The van der Waals surface area contributed by atoms with Crippen LogP contribution in [0.25, 0.3) is 0 Å². The number of esters is 1. The number of ether oxygens (including phenoxy) is 1.